The Morgan fingerprint density at radius 1 is 1.25 bits per heavy atom. The molecule has 12 heavy (non-hydrogen) atoms. The molecule has 2 rings (SSSR count). The third-order valence-corrected chi connectivity index (χ3v) is 1.65. The van der Waals surface area contributed by atoms with Crippen LogP contribution in [0, 0.1) is 0 Å². The molecule has 0 saturated heterocycles. The number of benzene rings is 1. The number of cyclic esters (lactones) is 1. The fourth-order valence-corrected chi connectivity index (χ4v) is 1.09. The van der Waals surface area contributed by atoms with Crippen molar-refractivity contribution in [2.75, 3.05) is 6.54 Å². The molecule has 3 heteroatoms. The van der Waals surface area contributed by atoms with Crippen molar-refractivity contribution in [1.82, 2.24) is 0 Å². The van der Waals surface area contributed by atoms with E-state index in [2.05, 4.69) is 4.99 Å². The summed E-state index contributed by atoms with van der Waals surface area (Å²) >= 11 is 0. The largest absolute Gasteiger partial charge is 0.381 e. The van der Waals surface area contributed by atoms with E-state index in [4.69, 9.17) is 4.74 Å². The molecule has 1 aromatic rings. The highest BCUT2D eigenvalue weighted by molar-refractivity contribution is 5.99. The number of nitrogens with one attached hydrogen (secondary N) is 1. The highest BCUT2D eigenvalue weighted by Crippen LogP contribution is 1.99. The summed E-state index contributed by atoms with van der Waals surface area (Å²) in [7, 11) is 0. The number of hydrogen-bond acceptors (Lipinski definition) is 2. The van der Waals surface area contributed by atoms with Crippen LogP contribution < -0.4 is 4.99 Å². The fraction of sp³-hybridized carbons (Fsp3) is 0.111. The molecule has 1 aliphatic rings. The zero-order valence-electron chi connectivity index (χ0n) is 6.41. The number of ether oxygens (including phenoxy) is 1. The zero-order chi connectivity index (χ0) is 8.39. The molecule has 1 heterocycles. The van der Waals surface area contributed by atoms with Gasteiger partial charge in [-0.05, 0) is 12.1 Å². The van der Waals surface area contributed by atoms with E-state index in [1.165, 1.54) is 0 Å². The Morgan fingerprint density at radius 2 is 2.00 bits per heavy atom. The van der Waals surface area contributed by atoms with Gasteiger partial charge in [0.1, 0.15) is 0 Å². The van der Waals surface area contributed by atoms with E-state index in [-0.39, 0.29) is 12.5 Å². The van der Waals surface area contributed by atoms with Gasteiger partial charge in [-0.15, -0.1) is 0 Å². The van der Waals surface area contributed by atoms with Gasteiger partial charge in [-0.2, -0.15) is 4.99 Å². The molecule has 1 aliphatic heterocycles. The van der Waals surface area contributed by atoms with Crippen LogP contribution in [0.2, 0.25) is 0 Å². The topological polar surface area (TPSA) is 40.3 Å². The Hall–Kier alpha value is -1.64. The Balaban J connectivity index is 2.28. The molecule has 0 aromatic heterocycles. The molecule has 0 amide bonds. The fourth-order valence-electron chi connectivity index (χ4n) is 1.09. The van der Waals surface area contributed by atoms with Crippen molar-refractivity contribution in [2.24, 2.45) is 0 Å². The van der Waals surface area contributed by atoms with Crippen molar-refractivity contribution < 1.29 is 14.5 Å². The molecular weight excluding hydrogens is 154 g/mol. The Bertz CT molecular complexity index is 330. The van der Waals surface area contributed by atoms with Gasteiger partial charge >= 0.3 is 11.9 Å². The molecule has 0 atom stereocenters. The van der Waals surface area contributed by atoms with Crippen LogP contribution in [0.4, 0.5) is 0 Å². The van der Waals surface area contributed by atoms with Gasteiger partial charge in [0.15, 0.2) is 0 Å². The number of esters is 1. The van der Waals surface area contributed by atoms with E-state index in [1.54, 1.807) is 0 Å². The highest BCUT2D eigenvalue weighted by atomic mass is 16.6. The molecule has 0 bridgehead atoms. The first kappa shape index (κ1) is 7.03. The average molecular weight is 162 g/mol. The first-order valence-electron chi connectivity index (χ1n) is 3.73. The molecule has 60 valence electrons. The van der Waals surface area contributed by atoms with Gasteiger partial charge in [0.2, 0.25) is 6.54 Å². The predicted molar refractivity (Wildman–Crippen MR) is 42.5 cm³/mol. The van der Waals surface area contributed by atoms with Gasteiger partial charge in [-0.1, -0.05) is 18.2 Å². The van der Waals surface area contributed by atoms with Gasteiger partial charge in [0.05, 0.1) is 5.56 Å². The summed E-state index contributed by atoms with van der Waals surface area (Å²) < 4.78 is 4.91. The minimum Gasteiger partial charge on any atom is -0.366 e. The normalized spacial score (nSPS) is 15.7. The van der Waals surface area contributed by atoms with E-state index >= 15 is 0 Å². The molecule has 1 aromatic carbocycles. The first-order chi connectivity index (χ1) is 5.86. The maximum Gasteiger partial charge on any atom is 0.381 e. The van der Waals surface area contributed by atoms with E-state index in [9.17, 15) is 4.79 Å². The van der Waals surface area contributed by atoms with Crippen LogP contribution in [0.3, 0.4) is 0 Å². The molecule has 3 nitrogen and oxygen atoms in total. The second kappa shape index (κ2) is 2.77. The second-order valence-electron chi connectivity index (χ2n) is 2.52. The number of carbonyl (C=O) groups excluding carboxylic acids is 1. The zero-order valence-corrected chi connectivity index (χ0v) is 6.41. The first-order valence-corrected chi connectivity index (χ1v) is 3.73. The summed E-state index contributed by atoms with van der Waals surface area (Å²) in [5, 5.41) is 0. The summed E-state index contributed by atoms with van der Waals surface area (Å²) in [5.41, 5.74) is 0.906. The second-order valence-corrected chi connectivity index (χ2v) is 2.52. The minimum atomic E-state index is -0.228. The molecular formula is C9H8NO2+. The Labute approximate surface area is 69.7 Å². The third-order valence-electron chi connectivity index (χ3n) is 1.65. The standard InChI is InChI=1S/C9H7NO2/c11-8-6-10-9(12-8)7-4-2-1-3-5-7/h1-5H,6H2/p+1. The van der Waals surface area contributed by atoms with Gasteiger partial charge in [-0.25, -0.2) is 4.79 Å². The molecule has 1 N–H and O–H groups in total. The van der Waals surface area contributed by atoms with Crippen LogP contribution in [0.1, 0.15) is 5.56 Å². The summed E-state index contributed by atoms with van der Waals surface area (Å²) in [6.45, 7) is 0.268. The van der Waals surface area contributed by atoms with Gasteiger partial charge < -0.3 is 4.74 Å². The van der Waals surface area contributed by atoms with Crippen LogP contribution in [0.25, 0.3) is 0 Å². The van der Waals surface area contributed by atoms with Crippen molar-refractivity contribution >= 4 is 11.9 Å². The van der Waals surface area contributed by atoms with Crippen LogP contribution in [-0.2, 0) is 9.53 Å². The van der Waals surface area contributed by atoms with Crippen molar-refractivity contribution in [3.05, 3.63) is 35.9 Å². The van der Waals surface area contributed by atoms with E-state index in [0.29, 0.717) is 5.90 Å². The van der Waals surface area contributed by atoms with E-state index in [0.717, 1.165) is 5.56 Å². The molecule has 0 radical (unpaired) electrons. The van der Waals surface area contributed by atoms with Crippen LogP contribution in [-0.4, -0.2) is 18.4 Å². The van der Waals surface area contributed by atoms with Crippen LogP contribution in [0.15, 0.2) is 30.3 Å². The predicted octanol–water partition coefficient (Wildman–Crippen LogP) is -0.929. The molecule has 0 aliphatic carbocycles. The lowest BCUT2D eigenvalue weighted by Gasteiger charge is -1.91. The molecule has 0 fully saturated rings. The van der Waals surface area contributed by atoms with Gasteiger partial charge in [0.25, 0.3) is 0 Å². The summed E-state index contributed by atoms with van der Waals surface area (Å²) in [4.78, 5) is 13.6. The quantitative estimate of drug-likeness (QED) is 0.542. The monoisotopic (exact) mass is 162 g/mol. The van der Waals surface area contributed by atoms with Gasteiger partial charge in [0, 0.05) is 0 Å². The van der Waals surface area contributed by atoms with Crippen LogP contribution in [0.5, 0.6) is 0 Å². The maximum absolute atomic E-state index is 10.7. The summed E-state index contributed by atoms with van der Waals surface area (Å²) in [6.07, 6.45) is 0. The van der Waals surface area contributed by atoms with E-state index in [1.807, 2.05) is 30.3 Å². The smallest absolute Gasteiger partial charge is 0.366 e. The van der Waals surface area contributed by atoms with Crippen molar-refractivity contribution in [1.29, 1.82) is 0 Å². The van der Waals surface area contributed by atoms with Crippen molar-refractivity contribution in [3.63, 3.8) is 0 Å². The number of carbonyl (C=O) groups is 1. The van der Waals surface area contributed by atoms with Crippen molar-refractivity contribution in [3.8, 4) is 0 Å². The summed E-state index contributed by atoms with van der Waals surface area (Å²) in [5.74, 6) is 0.328. The highest BCUT2D eigenvalue weighted by Gasteiger charge is 2.24. The minimum absolute atomic E-state index is 0.228. The number of rotatable bonds is 1. The van der Waals surface area contributed by atoms with E-state index < -0.39 is 0 Å². The van der Waals surface area contributed by atoms with Crippen molar-refractivity contribution in [2.45, 2.75) is 0 Å². The van der Waals surface area contributed by atoms with Crippen LogP contribution >= 0.6 is 0 Å². The lowest BCUT2D eigenvalue weighted by atomic mass is 10.2. The molecule has 0 spiro atoms. The SMILES string of the molecule is O=C1C[NH+]=C(c2ccccc2)O1. The molecule has 0 unspecified atom stereocenters. The lowest BCUT2D eigenvalue weighted by molar-refractivity contribution is -0.438. The number of hydrogen-bond donors (Lipinski definition) is 1. The Morgan fingerprint density at radius 3 is 2.58 bits per heavy atom. The summed E-state index contributed by atoms with van der Waals surface area (Å²) in [6, 6.07) is 9.50. The third kappa shape index (κ3) is 1.21. The maximum atomic E-state index is 10.7. The average Bonchev–Trinajstić information content (AvgIpc) is 2.54. The molecule has 0 saturated carbocycles. The lowest BCUT2D eigenvalue weighted by Crippen LogP contribution is -2.70. The van der Waals surface area contributed by atoms with Gasteiger partial charge in [-0.3, -0.25) is 0 Å². The Kier molecular flexibility index (Phi) is 1.63.